The van der Waals surface area contributed by atoms with Crippen LogP contribution in [-0.4, -0.2) is 120 Å². The number of aromatic nitrogens is 5. The van der Waals surface area contributed by atoms with Crippen molar-refractivity contribution in [3.63, 3.8) is 0 Å². The summed E-state index contributed by atoms with van der Waals surface area (Å²) >= 11 is 17.8. The highest BCUT2D eigenvalue weighted by Crippen LogP contribution is 2.48. The predicted molar refractivity (Wildman–Crippen MR) is 489 cm³/mol. The molecule has 3 aromatic carbocycles. The number of unbranched alkanes of at least 4 members (excludes halogenated alkanes) is 4. The van der Waals surface area contributed by atoms with Crippen molar-refractivity contribution in [2.75, 3.05) is 80.0 Å². The summed E-state index contributed by atoms with van der Waals surface area (Å²) in [5.74, 6) is 2.78. The SMILES string of the molecule is CCCCS(=O)c1sc2nc(-c3cccs3)cc(-c3ccccc3)c2c1N.CCCCS(=O)c1sc2nc(-c3cccs3)cc(C(=O)N(C)C)c2c1N.CCCCS(=O)c1sc2nc(-c3nccs3)cc(-c3ccc(C(=O)N(C)C)cc3)c2c1N.Nc1c(S(=O)CCCCCl)sc2nc(-c3cccs3)cc(-c3ccccc3)c12. The van der Waals surface area contributed by atoms with Crippen LogP contribution in [0.2, 0.25) is 0 Å². The molecular weight excluding hydrogens is 1670 g/mol. The maximum absolute atomic E-state index is 12.9. The summed E-state index contributed by atoms with van der Waals surface area (Å²) in [7, 11) is 2.33. The molecule has 4 unspecified atom stereocenters. The molecule has 0 aliphatic heterocycles. The zero-order valence-electron chi connectivity index (χ0n) is 63.1. The van der Waals surface area contributed by atoms with E-state index < -0.39 is 43.2 Å². The van der Waals surface area contributed by atoms with Crippen LogP contribution in [-0.2, 0) is 43.2 Å². The molecule has 0 aliphatic rings. The predicted octanol–water partition coefficient (Wildman–Crippen LogP) is 22.1. The molecule has 17 nitrogen and oxygen atoms in total. The van der Waals surface area contributed by atoms with Gasteiger partial charge in [-0.05, 0) is 136 Å². The van der Waals surface area contributed by atoms with Gasteiger partial charge in [0.15, 0.2) is 0 Å². The number of hydrogen-bond acceptors (Lipinski definition) is 23. The molecule has 0 spiro atoms. The summed E-state index contributed by atoms with van der Waals surface area (Å²) in [6.45, 7) is 6.25. The number of amides is 2. The van der Waals surface area contributed by atoms with Crippen molar-refractivity contribution in [2.45, 2.75) is 89.0 Å². The number of benzene rings is 3. The Bertz CT molecular complexity index is 5870. The molecule has 4 atom stereocenters. The van der Waals surface area contributed by atoms with E-state index >= 15 is 0 Å². The van der Waals surface area contributed by atoms with Crippen LogP contribution in [0.25, 0.3) is 117 Å². The van der Waals surface area contributed by atoms with Gasteiger partial charge in [0.1, 0.15) is 46.9 Å². The van der Waals surface area contributed by atoms with Crippen LogP contribution in [0.4, 0.5) is 22.7 Å². The van der Waals surface area contributed by atoms with Gasteiger partial charge in [-0.15, -0.1) is 102 Å². The molecule has 15 rings (SSSR count). The first-order chi connectivity index (χ1) is 54.7. The molecule has 12 heterocycles. The van der Waals surface area contributed by atoms with Crippen molar-refractivity contribution in [1.29, 1.82) is 0 Å². The van der Waals surface area contributed by atoms with E-state index in [4.69, 9.17) is 54.5 Å². The number of nitrogens with two attached hydrogens (primary N) is 4. The molecule has 586 valence electrons. The van der Waals surface area contributed by atoms with Crippen molar-refractivity contribution >= 4 is 221 Å². The van der Waals surface area contributed by atoms with Crippen LogP contribution < -0.4 is 22.9 Å². The molecule has 12 aromatic heterocycles. The molecule has 15 aromatic rings. The Labute approximate surface area is 704 Å². The van der Waals surface area contributed by atoms with Crippen molar-refractivity contribution in [3.8, 4) is 75.8 Å². The van der Waals surface area contributed by atoms with Gasteiger partial charge in [-0.25, -0.2) is 24.9 Å². The second kappa shape index (κ2) is 39.5. The smallest absolute Gasteiger partial charge is 0.254 e. The van der Waals surface area contributed by atoms with E-state index in [1.165, 1.54) is 61.6 Å². The molecule has 0 aliphatic carbocycles. The number of fused-ring (bicyclic) bond motifs is 4. The second-order valence-electron chi connectivity index (χ2n) is 26.3. The topological polar surface area (TPSA) is 277 Å². The lowest BCUT2D eigenvalue weighted by atomic mass is 10.0. The molecule has 0 saturated heterocycles. The number of anilines is 4. The van der Waals surface area contributed by atoms with Gasteiger partial charge in [-0.1, -0.05) is 131 Å². The molecule has 8 N–H and O–H groups in total. The number of halogens is 1. The van der Waals surface area contributed by atoms with Gasteiger partial charge in [0.25, 0.3) is 11.8 Å². The summed E-state index contributed by atoms with van der Waals surface area (Å²) < 4.78 is 53.9. The Morgan fingerprint density at radius 3 is 1.11 bits per heavy atom. The highest BCUT2D eigenvalue weighted by Gasteiger charge is 2.28. The molecule has 0 bridgehead atoms. The van der Waals surface area contributed by atoms with E-state index in [0.717, 1.165) is 166 Å². The fourth-order valence-electron chi connectivity index (χ4n) is 12.1. The number of alkyl halides is 1. The lowest BCUT2D eigenvalue weighted by molar-refractivity contribution is 0.0821. The minimum atomic E-state index is -1.17. The first-order valence-corrected chi connectivity index (χ1v) is 49.0. The van der Waals surface area contributed by atoms with E-state index in [1.807, 2.05) is 107 Å². The highest BCUT2D eigenvalue weighted by molar-refractivity contribution is 7.88. The van der Waals surface area contributed by atoms with Crippen LogP contribution in [0.5, 0.6) is 0 Å². The third-order valence-electron chi connectivity index (χ3n) is 17.9. The van der Waals surface area contributed by atoms with E-state index in [9.17, 15) is 26.4 Å². The van der Waals surface area contributed by atoms with Crippen molar-refractivity contribution in [1.82, 2.24) is 34.7 Å². The lowest BCUT2D eigenvalue weighted by Crippen LogP contribution is -2.22. The number of nitrogen functional groups attached to an aromatic ring is 4. The van der Waals surface area contributed by atoms with Gasteiger partial charge in [-0.2, -0.15) is 0 Å². The fraction of sp³-hybridized carbons (Fsp3) is 0.241. The number of hydrogen-bond donors (Lipinski definition) is 4. The van der Waals surface area contributed by atoms with Gasteiger partial charge in [0, 0.05) is 95.8 Å². The van der Waals surface area contributed by atoms with Crippen LogP contribution in [0.3, 0.4) is 0 Å². The van der Waals surface area contributed by atoms with Gasteiger partial charge in [0.2, 0.25) is 0 Å². The average Bonchev–Trinajstić information content (AvgIpc) is 1.64. The Balaban J connectivity index is 0.000000140. The van der Waals surface area contributed by atoms with Crippen LogP contribution in [0.15, 0.2) is 190 Å². The second-order valence-corrected chi connectivity index (χ2v) is 41.5. The Morgan fingerprint density at radius 1 is 0.398 bits per heavy atom. The molecule has 30 heteroatoms. The Kier molecular flexibility index (Phi) is 29.4. The minimum Gasteiger partial charge on any atom is -0.396 e. The monoisotopic (exact) mass is 1750 g/mol. The number of carbonyl (C=O) groups excluding carboxylic acids is 2. The Morgan fingerprint density at radius 2 is 0.752 bits per heavy atom. The van der Waals surface area contributed by atoms with Crippen molar-refractivity contribution in [2.24, 2.45) is 0 Å². The van der Waals surface area contributed by atoms with Gasteiger partial charge in [-0.3, -0.25) is 26.4 Å². The minimum absolute atomic E-state index is 0.0523. The van der Waals surface area contributed by atoms with Crippen molar-refractivity contribution < 1.29 is 26.4 Å². The third-order valence-corrected chi connectivity index (χ3v) is 33.6. The van der Waals surface area contributed by atoms with Gasteiger partial charge in [0.05, 0.1) is 103 Å². The van der Waals surface area contributed by atoms with Gasteiger partial charge < -0.3 is 32.7 Å². The number of rotatable bonds is 26. The third kappa shape index (κ3) is 19.5. The maximum Gasteiger partial charge on any atom is 0.254 e. The van der Waals surface area contributed by atoms with E-state index in [-0.39, 0.29) is 11.8 Å². The molecule has 0 radical (unpaired) electrons. The highest BCUT2D eigenvalue weighted by atomic mass is 35.5. The number of thiazole rings is 1. The summed E-state index contributed by atoms with van der Waals surface area (Å²) in [5, 5.41) is 12.0. The van der Waals surface area contributed by atoms with Crippen LogP contribution in [0.1, 0.15) is 92.9 Å². The quantitative estimate of drug-likeness (QED) is 0.0290. The fourth-order valence-corrected chi connectivity index (χ4v) is 26.0. The number of nitrogens with zero attached hydrogens (tertiary/aromatic N) is 7. The number of carbonyl (C=O) groups is 2. The number of pyridine rings is 4. The normalized spacial score (nSPS) is 12.4. The largest absolute Gasteiger partial charge is 0.396 e. The van der Waals surface area contributed by atoms with E-state index in [2.05, 4.69) is 79.7 Å². The zero-order valence-corrected chi connectivity index (χ0v) is 73.7. The lowest BCUT2D eigenvalue weighted by Gasteiger charge is -2.12. The summed E-state index contributed by atoms with van der Waals surface area (Å²) in [4.78, 5) is 58.1. The first kappa shape index (κ1) is 84.3. The number of thiophene rings is 7. The summed E-state index contributed by atoms with van der Waals surface area (Å²) in [6.07, 6.45) is 9.09. The average molecular weight is 1750 g/mol. The zero-order chi connectivity index (χ0) is 80.0. The van der Waals surface area contributed by atoms with E-state index in [0.29, 0.717) is 81.4 Å². The van der Waals surface area contributed by atoms with Crippen molar-refractivity contribution in [3.05, 3.63) is 184 Å². The standard InChI is InChI=1S/C23H24N4O2S3.C21H19ClN2OS3.C21H20N2OS3.C18H21N3O2S3/c1-4-5-12-32(29)23-19(24)18-16(14-6-8-15(9-7-14)22(28)27(2)3)13-17(26-21(18)31-23)20-25-10-11-30-20;22-10-4-5-12-28(25)21-19(23)18-15(14-7-2-1-3-8-14)13-16(24-20(18)27-21)17-9-6-11-26-17;1-2-3-12-27(24)21-19(22)18-15(14-8-5-4-6-9-14)13-16(23-20(18)26-21)17-10-7-11-25-17;1-4-5-9-26(23)18-15(19)14-11(17(22)21(2)3)10-12(20-16(14)25-18)13-7-6-8-24-13/h6-11,13H,4-5,12,24H2,1-3H3;1-3,6-9,11,13H,4-5,10,12,23H2;4-11,13H,2-3,12,22H2,1H3;6-8,10H,4-5,9,19H2,1-3H3. The molecule has 2 amide bonds. The summed E-state index contributed by atoms with van der Waals surface area (Å²) in [5.41, 5.74) is 38.6. The van der Waals surface area contributed by atoms with Gasteiger partial charge >= 0.3 is 0 Å². The Hall–Kier alpha value is -8.14. The first-order valence-electron chi connectivity index (χ1n) is 36.4. The maximum atomic E-state index is 12.9. The molecule has 0 fully saturated rings. The molecule has 113 heavy (non-hydrogen) atoms. The van der Waals surface area contributed by atoms with Crippen LogP contribution in [0, 0.1) is 0 Å². The molecule has 0 saturated carbocycles. The van der Waals surface area contributed by atoms with Crippen LogP contribution >= 0.6 is 102 Å². The summed E-state index contributed by atoms with van der Waals surface area (Å²) in [6, 6.07) is 47.9. The van der Waals surface area contributed by atoms with E-state index in [1.54, 1.807) is 79.4 Å². The molecular formula is C83H84ClN11O6S12.